The number of rotatable bonds is 7. The molecule has 0 aliphatic rings. The van der Waals surface area contributed by atoms with Crippen LogP contribution in [0.25, 0.3) is 10.2 Å². The summed E-state index contributed by atoms with van der Waals surface area (Å²) in [6, 6.07) is 9.56. The lowest BCUT2D eigenvalue weighted by Gasteiger charge is -2.12. The molecule has 0 radical (unpaired) electrons. The molecule has 3 rings (SSSR count). The third kappa shape index (κ3) is 3.85. The molecule has 0 spiro atoms. The average Bonchev–Trinajstić information content (AvgIpc) is 2.98. The van der Waals surface area contributed by atoms with Crippen LogP contribution in [0.3, 0.4) is 0 Å². The van der Waals surface area contributed by atoms with Gasteiger partial charge in [0.1, 0.15) is 4.83 Å². The first-order valence-corrected chi connectivity index (χ1v) is 9.46. The first-order valence-electron chi connectivity index (χ1n) is 8.64. The molecular weight excluding hydrogens is 384 g/mol. The maximum absolute atomic E-state index is 13.0. The summed E-state index contributed by atoms with van der Waals surface area (Å²) < 4.78 is 12.5. The minimum absolute atomic E-state index is 0.0889. The molecule has 3 aromatic rings. The smallest absolute Gasteiger partial charge is 0.449 e. The van der Waals surface area contributed by atoms with E-state index in [1.54, 1.807) is 6.92 Å². The molecule has 0 unspecified atom stereocenters. The van der Waals surface area contributed by atoms with Gasteiger partial charge < -0.3 is 14.6 Å². The summed E-state index contributed by atoms with van der Waals surface area (Å²) >= 11 is 0.972. The van der Waals surface area contributed by atoms with Crippen molar-refractivity contribution in [1.29, 1.82) is 0 Å². The molecule has 2 aromatic heterocycles. The van der Waals surface area contributed by atoms with Gasteiger partial charge >= 0.3 is 11.8 Å². The van der Waals surface area contributed by atoms with Crippen LogP contribution in [0.4, 0.5) is 4.79 Å². The number of aromatic nitrogens is 2. The van der Waals surface area contributed by atoms with E-state index in [4.69, 9.17) is 14.6 Å². The Labute approximate surface area is 164 Å². The average molecular weight is 404 g/mol. The molecule has 0 atom stereocenters. The van der Waals surface area contributed by atoms with Crippen LogP contribution in [0, 0.1) is 6.92 Å². The Morgan fingerprint density at radius 1 is 1.14 bits per heavy atom. The second-order valence-corrected chi connectivity index (χ2v) is 7.14. The van der Waals surface area contributed by atoms with Crippen molar-refractivity contribution in [1.82, 2.24) is 9.13 Å². The number of ether oxygens (including phenoxy) is 2. The van der Waals surface area contributed by atoms with Gasteiger partial charge in [0.25, 0.3) is 5.56 Å². The largest absolute Gasteiger partial charge is 0.512 e. The molecule has 2 heterocycles. The molecule has 0 amide bonds. The Morgan fingerprint density at radius 3 is 2.50 bits per heavy atom. The second-order valence-electron chi connectivity index (χ2n) is 6.18. The SMILES string of the molecule is COCCn1c(=O)n(CCc2ccccc2)c(=O)c2c(C)c(OC(=O)O)sc21. The normalized spacial score (nSPS) is 11.1. The number of carbonyl (C=O) groups is 1. The Bertz CT molecular complexity index is 1110. The summed E-state index contributed by atoms with van der Waals surface area (Å²) in [7, 11) is 1.52. The maximum Gasteiger partial charge on any atom is 0.512 e. The standard InChI is InChI=1S/C19H20N2O6S/c1-12-14-15(22)20(9-8-13-6-4-3-5-7-13)18(23)21(10-11-26-2)16(14)28-17(12)27-19(24)25/h3-7H,8-11H2,1-2H3,(H,24,25). The lowest BCUT2D eigenvalue weighted by molar-refractivity contribution is 0.145. The molecule has 148 valence electrons. The molecule has 0 bridgehead atoms. The van der Waals surface area contributed by atoms with E-state index in [1.807, 2.05) is 30.3 Å². The van der Waals surface area contributed by atoms with Gasteiger partial charge in [0.2, 0.25) is 0 Å². The predicted octanol–water partition coefficient (Wildman–Crippen LogP) is 2.48. The van der Waals surface area contributed by atoms with Gasteiger partial charge in [-0.3, -0.25) is 13.9 Å². The van der Waals surface area contributed by atoms with Gasteiger partial charge in [0.05, 0.1) is 18.5 Å². The van der Waals surface area contributed by atoms with Crippen molar-refractivity contribution < 1.29 is 19.4 Å². The molecular formula is C19H20N2O6S. The molecule has 1 N–H and O–H groups in total. The quantitative estimate of drug-likeness (QED) is 0.608. The van der Waals surface area contributed by atoms with E-state index in [0.717, 1.165) is 16.9 Å². The molecule has 0 aliphatic carbocycles. The number of benzene rings is 1. The van der Waals surface area contributed by atoms with Crippen molar-refractivity contribution in [2.75, 3.05) is 13.7 Å². The van der Waals surface area contributed by atoms with Crippen LogP contribution in [0.2, 0.25) is 0 Å². The lowest BCUT2D eigenvalue weighted by Crippen LogP contribution is -2.40. The summed E-state index contributed by atoms with van der Waals surface area (Å²) in [6.07, 6.45) is -0.946. The third-order valence-corrected chi connectivity index (χ3v) is 5.61. The maximum atomic E-state index is 13.0. The molecule has 8 nitrogen and oxygen atoms in total. The number of carboxylic acid groups (broad SMARTS) is 1. The highest BCUT2D eigenvalue weighted by Gasteiger charge is 2.22. The highest BCUT2D eigenvalue weighted by atomic mass is 32.1. The Balaban J connectivity index is 2.15. The van der Waals surface area contributed by atoms with Crippen LogP contribution >= 0.6 is 11.3 Å². The molecule has 28 heavy (non-hydrogen) atoms. The first kappa shape index (κ1) is 19.8. The van der Waals surface area contributed by atoms with Crippen molar-refractivity contribution >= 4 is 27.7 Å². The fourth-order valence-electron chi connectivity index (χ4n) is 3.01. The van der Waals surface area contributed by atoms with Gasteiger partial charge in [-0.05, 0) is 18.9 Å². The Hall–Kier alpha value is -2.91. The van der Waals surface area contributed by atoms with Crippen molar-refractivity contribution in [2.24, 2.45) is 0 Å². The predicted molar refractivity (Wildman–Crippen MR) is 106 cm³/mol. The highest BCUT2D eigenvalue weighted by molar-refractivity contribution is 7.20. The van der Waals surface area contributed by atoms with E-state index in [0.29, 0.717) is 22.2 Å². The number of thiophene rings is 1. The van der Waals surface area contributed by atoms with Crippen molar-refractivity contribution in [2.45, 2.75) is 26.4 Å². The van der Waals surface area contributed by atoms with E-state index in [1.165, 1.54) is 16.2 Å². The zero-order valence-corrected chi connectivity index (χ0v) is 16.3. The summed E-state index contributed by atoms with van der Waals surface area (Å²) in [4.78, 5) is 37.4. The van der Waals surface area contributed by atoms with Crippen LogP contribution in [0.1, 0.15) is 11.1 Å². The van der Waals surface area contributed by atoms with E-state index in [-0.39, 0.29) is 24.8 Å². The monoisotopic (exact) mass is 404 g/mol. The zero-order valence-electron chi connectivity index (χ0n) is 15.5. The van der Waals surface area contributed by atoms with Gasteiger partial charge in [-0.15, -0.1) is 0 Å². The number of fused-ring (bicyclic) bond motifs is 1. The van der Waals surface area contributed by atoms with Gasteiger partial charge in [0.15, 0.2) is 5.06 Å². The number of nitrogens with zero attached hydrogens (tertiary/aromatic N) is 2. The van der Waals surface area contributed by atoms with E-state index < -0.39 is 17.4 Å². The molecule has 0 aliphatic heterocycles. The van der Waals surface area contributed by atoms with E-state index in [2.05, 4.69) is 0 Å². The summed E-state index contributed by atoms with van der Waals surface area (Å²) in [5, 5.41) is 9.31. The molecule has 0 saturated carbocycles. The number of hydrogen-bond acceptors (Lipinski definition) is 6. The summed E-state index contributed by atoms with van der Waals surface area (Å²) in [6.45, 7) is 2.35. The van der Waals surface area contributed by atoms with E-state index in [9.17, 15) is 14.4 Å². The Kier molecular flexibility index (Phi) is 5.96. The van der Waals surface area contributed by atoms with Crippen molar-refractivity contribution in [3.63, 3.8) is 0 Å². The van der Waals surface area contributed by atoms with Crippen LogP contribution < -0.4 is 16.0 Å². The first-order chi connectivity index (χ1) is 13.4. The fourth-order valence-corrected chi connectivity index (χ4v) is 4.18. The van der Waals surface area contributed by atoms with Crippen LogP contribution in [-0.2, 0) is 24.2 Å². The topological polar surface area (TPSA) is 99.8 Å². The zero-order chi connectivity index (χ0) is 20.3. The van der Waals surface area contributed by atoms with Crippen LogP contribution in [0.5, 0.6) is 5.06 Å². The van der Waals surface area contributed by atoms with Gasteiger partial charge in [-0.2, -0.15) is 0 Å². The minimum Gasteiger partial charge on any atom is -0.449 e. The molecule has 1 aromatic carbocycles. The number of hydrogen-bond donors (Lipinski definition) is 1. The molecule has 0 fully saturated rings. The lowest BCUT2D eigenvalue weighted by atomic mass is 10.1. The highest BCUT2D eigenvalue weighted by Crippen LogP contribution is 2.34. The third-order valence-electron chi connectivity index (χ3n) is 4.42. The Morgan fingerprint density at radius 2 is 1.86 bits per heavy atom. The van der Waals surface area contributed by atoms with E-state index >= 15 is 0 Å². The summed E-state index contributed by atoms with van der Waals surface area (Å²) in [5.41, 5.74) is 0.522. The molecule has 9 heteroatoms. The van der Waals surface area contributed by atoms with Crippen LogP contribution in [0.15, 0.2) is 39.9 Å². The summed E-state index contributed by atoms with van der Waals surface area (Å²) in [5.74, 6) is 0. The molecule has 0 saturated heterocycles. The van der Waals surface area contributed by atoms with Crippen molar-refractivity contribution in [3.8, 4) is 5.06 Å². The number of aryl methyl sites for hydroxylation is 2. The van der Waals surface area contributed by atoms with Crippen LogP contribution in [-0.4, -0.2) is 34.1 Å². The minimum atomic E-state index is -1.47. The van der Waals surface area contributed by atoms with Gasteiger partial charge in [0, 0.05) is 19.2 Å². The van der Waals surface area contributed by atoms with Gasteiger partial charge in [-0.1, -0.05) is 41.7 Å². The number of methoxy groups -OCH3 is 1. The fraction of sp³-hybridized carbons (Fsp3) is 0.316. The van der Waals surface area contributed by atoms with Crippen molar-refractivity contribution in [3.05, 3.63) is 62.3 Å². The van der Waals surface area contributed by atoms with Gasteiger partial charge in [-0.25, -0.2) is 9.59 Å². The second kappa shape index (κ2) is 8.41.